The Morgan fingerprint density at radius 2 is 1.86 bits per heavy atom. The van der Waals surface area contributed by atoms with Gasteiger partial charge in [-0.1, -0.05) is 0 Å². The molecule has 0 aromatic carbocycles. The van der Waals surface area contributed by atoms with Crippen molar-refractivity contribution < 1.29 is 24.4 Å². The lowest BCUT2D eigenvalue weighted by Gasteiger charge is -1.94. The van der Waals surface area contributed by atoms with Crippen LogP contribution in [0.3, 0.4) is 0 Å². The summed E-state index contributed by atoms with van der Waals surface area (Å²) in [6.45, 7) is 0. The van der Waals surface area contributed by atoms with Crippen LogP contribution < -0.4 is 0 Å². The Balaban J connectivity index is 2.95. The van der Waals surface area contributed by atoms with Crippen LogP contribution in [-0.4, -0.2) is 38.2 Å². The zero-order valence-corrected chi connectivity index (χ0v) is 6.72. The molecule has 8 heteroatoms. The van der Waals surface area contributed by atoms with Crippen molar-refractivity contribution in [3.05, 3.63) is 11.4 Å². The normalized spacial score (nSPS) is 9.71. The van der Waals surface area contributed by atoms with Gasteiger partial charge in [0.15, 0.2) is 5.69 Å². The Labute approximate surface area is 76.6 Å². The Bertz CT molecular complexity index is 396. The lowest BCUT2D eigenvalue weighted by atomic mass is 10.1. The molecule has 0 aliphatic carbocycles. The minimum absolute atomic E-state index is 0.361. The summed E-state index contributed by atoms with van der Waals surface area (Å²) in [5.74, 6) is -2.68. The number of hydrogen-bond donors (Lipinski definition) is 3. The molecule has 1 aromatic heterocycles. The first-order valence-corrected chi connectivity index (χ1v) is 3.37. The predicted octanol–water partition coefficient (Wildman–Crippen LogP) is -0.390. The van der Waals surface area contributed by atoms with Crippen LogP contribution in [-0.2, 0) is 4.79 Å². The van der Waals surface area contributed by atoms with Crippen molar-refractivity contribution in [3.8, 4) is 0 Å². The summed E-state index contributed by atoms with van der Waals surface area (Å²) in [6.07, 6.45) is -0.630. The lowest BCUT2D eigenvalue weighted by Crippen LogP contribution is -2.12. The molecular weight excluding hydrogens is 194 g/mol. The van der Waals surface area contributed by atoms with Crippen LogP contribution in [0.25, 0.3) is 0 Å². The SMILES string of the molecule is N=C(CC(=O)O)c1nonc1C(=O)O. The first kappa shape index (κ1) is 9.84. The fraction of sp³-hybridized carbons (Fsp3) is 0.167. The second-order valence-electron chi connectivity index (χ2n) is 2.32. The van der Waals surface area contributed by atoms with Gasteiger partial charge in [0, 0.05) is 0 Å². The molecule has 0 aliphatic rings. The van der Waals surface area contributed by atoms with Gasteiger partial charge in [0.2, 0.25) is 5.69 Å². The van der Waals surface area contributed by atoms with Gasteiger partial charge in [0.1, 0.15) is 0 Å². The number of aliphatic carboxylic acids is 1. The van der Waals surface area contributed by atoms with E-state index in [-0.39, 0.29) is 5.69 Å². The second-order valence-corrected chi connectivity index (χ2v) is 2.32. The third-order valence-corrected chi connectivity index (χ3v) is 1.30. The van der Waals surface area contributed by atoms with Gasteiger partial charge < -0.3 is 15.6 Å². The van der Waals surface area contributed by atoms with Crippen LogP contribution in [0.4, 0.5) is 0 Å². The summed E-state index contributed by atoms with van der Waals surface area (Å²) in [4.78, 5) is 20.7. The third kappa shape index (κ3) is 1.91. The molecular formula is C6H5N3O5. The molecule has 0 spiro atoms. The monoisotopic (exact) mass is 199 g/mol. The van der Waals surface area contributed by atoms with Crippen molar-refractivity contribution in [1.82, 2.24) is 10.3 Å². The largest absolute Gasteiger partial charge is 0.481 e. The van der Waals surface area contributed by atoms with Gasteiger partial charge in [-0.15, -0.1) is 0 Å². The number of rotatable bonds is 4. The molecule has 0 radical (unpaired) electrons. The molecule has 1 rings (SSSR count). The van der Waals surface area contributed by atoms with Gasteiger partial charge >= 0.3 is 11.9 Å². The molecule has 0 fully saturated rings. The van der Waals surface area contributed by atoms with E-state index in [0.29, 0.717) is 0 Å². The van der Waals surface area contributed by atoms with Gasteiger partial charge in [-0.05, 0) is 10.3 Å². The van der Waals surface area contributed by atoms with E-state index in [1.165, 1.54) is 0 Å². The van der Waals surface area contributed by atoms with Crippen molar-refractivity contribution in [1.29, 1.82) is 5.41 Å². The standard InChI is InChI=1S/C6H5N3O5/c7-2(1-3(10)11)4-5(6(12)13)9-14-8-4/h7H,1H2,(H,10,11)(H,12,13). The average Bonchev–Trinajstić information content (AvgIpc) is 2.49. The van der Waals surface area contributed by atoms with Crippen molar-refractivity contribution in [3.63, 3.8) is 0 Å². The molecule has 1 aromatic rings. The maximum absolute atomic E-state index is 10.5. The molecule has 0 saturated carbocycles. The highest BCUT2D eigenvalue weighted by Crippen LogP contribution is 2.05. The van der Waals surface area contributed by atoms with Crippen molar-refractivity contribution in [2.45, 2.75) is 6.42 Å². The number of nitrogens with zero attached hydrogens (tertiary/aromatic N) is 2. The van der Waals surface area contributed by atoms with Crippen molar-refractivity contribution in [2.24, 2.45) is 0 Å². The maximum atomic E-state index is 10.5. The van der Waals surface area contributed by atoms with E-state index in [9.17, 15) is 9.59 Å². The van der Waals surface area contributed by atoms with Crippen LogP contribution in [0.1, 0.15) is 22.6 Å². The zero-order chi connectivity index (χ0) is 10.7. The van der Waals surface area contributed by atoms with Crippen LogP contribution in [0, 0.1) is 5.41 Å². The zero-order valence-electron chi connectivity index (χ0n) is 6.72. The molecule has 0 bridgehead atoms. The van der Waals surface area contributed by atoms with E-state index >= 15 is 0 Å². The van der Waals surface area contributed by atoms with E-state index in [1.807, 2.05) is 0 Å². The maximum Gasteiger partial charge on any atom is 0.360 e. The van der Waals surface area contributed by atoms with E-state index in [0.717, 1.165) is 0 Å². The van der Waals surface area contributed by atoms with Crippen LogP contribution >= 0.6 is 0 Å². The van der Waals surface area contributed by atoms with E-state index < -0.39 is 29.8 Å². The number of aromatic nitrogens is 2. The molecule has 0 unspecified atom stereocenters. The van der Waals surface area contributed by atoms with Crippen molar-refractivity contribution >= 4 is 17.7 Å². The Kier molecular flexibility index (Phi) is 2.56. The van der Waals surface area contributed by atoms with Gasteiger partial charge in [0.25, 0.3) is 0 Å². The van der Waals surface area contributed by atoms with Gasteiger partial charge in [-0.25, -0.2) is 9.42 Å². The molecule has 14 heavy (non-hydrogen) atoms. The number of aromatic carboxylic acids is 1. The van der Waals surface area contributed by atoms with Crippen LogP contribution in [0.5, 0.6) is 0 Å². The number of carbonyl (C=O) groups is 2. The minimum atomic E-state index is -1.42. The third-order valence-electron chi connectivity index (χ3n) is 1.30. The summed E-state index contributed by atoms with van der Waals surface area (Å²) in [5, 5.41) is 30.2. The van der Waals surface area contributed by atoms with E-state index in [2.05, 4.69) is 14.9 Å². The quantitative estimate of drug-likeness (QED) is 0.561. The molecule has 0 aliphatic heterocycles. The summed E-state index contributed by atoms with van der Waals surface area (Å²) < 4.78 is 4.10. The number of nitrogens with one attached hydrogen (secondary N) is 1. The summed E-state index contributed by atoms with van der Waals surface area (Å²) in [7, 11) is 0. The first-order chi connectivity index (χ1) is 6.52. The van der Waals surface area contributed by atoms with Crippen LogP contribution in [0.15, 0.2) is 4.63 Å². The Hall–Kier alpha value is -2.25. The fourth-order valence-electron chi connectivity index (χ4n) is 0.762. The second kappa shape index (κ2) is 3.64. The summed E-state index contributed by atoms with van der Waals surface area (Å²) in [5.41, 5.74) is -1.38. The smallest absolute Gasteiger partial charge is 0.360 e. The molecule has 1 heterocycles. The number of carboxylic acids is 2. The average molecular weight is 199 g/mol. The first-order valence-electron chi connectivity index (χ1n) is 3.37. The van der Waals surface area contributed by atoms with Gasteiger partial charge in [-0.3, -0.25) is 4.79 Å². The Morgan fingerprint density at radius 3 is 2.36 bits per heavy atom. The minimum Gasteiger partial charge on any atom is -0.481 e. The predicted molar refractivity (Wildman–Crippen MR) is 40.3 cm³/mol. The van der Waals surface area contributed by atoms with Gasteiger partial charge in [-0.2, -0.15) is 0 Å². The fourth-order valence-corrected chi connectivity index (χ4v) is 0.762. The number of carboxylic acid groups (broad SMARTS) is 2. The molecule has 8 nitrogen and oxygen atoms in total. The molecule has 3 N–H and O–H groups in total. The van der Waals surface area contributed by atoms with E-state index in [1.54, 1.807) is 0 Å². The molecule has 0 saturated heterocycles. The molecule has 0 atom stereocenters. The molecule has 0 amide bonds. The highest BCUT2D eigenvalue weighted by Gasteiger charge is 2.22. The van der Waals surface area contributed by atoms with Crippen LogP contribution in [0.2, 0.25) is 0 Å². The Morgan fingerprint density at radius 1 is 1.29 bits per heavy atom. The van der Waals surface area contributed by atoms with Gasteiger partial charge in [0.05, 0.1) is 12.1 Å². The topological polar surface area (TPSA) is 137 Å². The summed E-state index contributed by atoms with van der Waals surface area (Å²) >= 11 is 0. The van der Waals surface area contributed by atoms with Crippen molar-refractivity contribution in [2.75, 3.05) is 0 Å². The summed E-state index contributed by atoms with van der Waals surface area (Å²) in [6, 6.07) is 0. The highest BCUT2D eigenvalue weighted by molar-refractivity contribution is 6.10. The highest BCUT2D eigenvalue weighted by atomic mass is 16.6. The van der Waals surface area contributed by atoms with E-state index in [4.69, 9.17) is 15.6 Å². The number of hydrogen-bond acceptors (Lipinski definition) is 6. The lowest BCUT2D eigenvalue weighted by molar-refractivity contribution is -0.135. The molecule has 74 valence electrons.